The SMILES string of the molecule is CCNC(=NCCCCOc1ccc(F)cc1)N1CCC(OCCCOC)CC1. The van der Waals surface area contributed by atoms with Gasteiger partial charge in [0, 0.05) is 46.5 Å². The average molecular weight is 410 g/mol. The number of hydrogen-bond donors (Lipinski definition) is 1. The minimum absolute atomic E-state index is 0.246. The zero-order valence-corrected chi connectivity index (χ0v) is 17.9. The van der Waals surface area contributed by atoms with Gasteiger partial charge >= 0.3 is 0 Å². The third kappa shape index (κ3) is 9.45. The maximum atomic E-state index is 12.9. The zero-order chi connectivity index (χ0) is 20.7. The number of nitrogens with zero attached hydrogens (tertiary/aromatic N) is 2. The van der Waals surface area contributed by atoms with Crippen LogP contribution in [0.4, 0.5) is 4.39 Å². The topological polar surface area (TPSA) is 55.3 Å². The summed E-state index contributed by atoms with van der Waals surface area (Å²) in [6.07, 6.45) is 5.22. The summed E-state index contributed by atoms with van der Waals surface area (Å²) in [4.78, 5) is 7.10. The van der Waals surface area contributed by atoms with Crippen molar-refractivity contribution in [1.29, 1.82) is 0 Å². The van der Waals surface area contributed by atoms with Crippen molar-refractivity contribution in [2.45, 2.75) is 45.1 Å². The first-order valence-corrected chi connectivity index (χ1v) is 10.7. The molecular formula is C22H36FN3O3. The van der Waals surface area contributed by atoms with Crippen molar-refractivity contribution in [1.82, 2.24) is 10.2 Å². The van der Waals surface area contributed by atoms with Crippen LogP contribution in [0.3, 0.4) is 0 Å². The number of guanidine groups is 1. The summed E-state index contributed by atoms with van der Waals surface area (Å²) >= 11 is 0. The Balaban J connectivity index is 1.64. The molecule has 0 spiro atoms. The van der Waals surface area contributed by atoms with Gasteiger partial charge in [-0.2, -0.15) is 0 Å². The number of likely N-dealkylation sites (tertiary alicyclic amines) is 1. The largest absolute Gasteiger partial charge is 0.494 e. The number of hydrogen-bond acceptors (Lipinski definition) is 4. The quantitative estimate of drug-likeness (QED) is 0.325. The molecule has 1 N–H and O–H groups in total. The van der Waals surface area contributed by atoms with Crippen molar-refractivity contribution in [2.24, 2.45) is 4.99 Å². The van der Waals surface area contributed by atoms with Crippen LogP contribution in [0, 0.1) is 5.82 Å². The Hall–Kier alpha value is -1.86. The molecule has 29 heavy (non-hydrogen) atoms. The van der Waals surface area contributed by atoms with Crippen molar-refractivity contribution >= 4 is 5.96 Å². The molecule has 0 atom stereocenters. The molecule has 0 amide bonds. The molecule has 2 rings (SSSR count). The maximum Gasteiger partial charge on any atom is 0.193 e. The van der Waals surface area contributed by atoms with Gasteiger partial charge in [-0.1, -0.05) is 0 Å². The monoisotopic (exact) mass is 409 g/mol. The van der Waals surface area contributed by atoms with Crippen molar-refractivity contribution in [2.75, 3.05) is 53.1 Å². The zero-order valence-electron chi connectivity index (χ0n) is 17.9. The summed E-state index contributed by atoms with van der Waals surface area (Å²) in [7, 11) is 1.72. The number of methoxy groups -OCH3 is 1. The minimum atomic E-state index is -0.246. The molecule has 0 unspecified atom stereocenters. The highest BCUT2D eigenvalue weighted by Crippen LogP contribution is 2.15. The fourth-order valence-electron chi connectivity index (χ4n) is 3.23. The molecule has 1 saturated heterocycles. The van der Waals surface area contributed by atoms with Crippen LogP contribution >= 0.6 is 0 Å². The van der Waals surface area contributed by atoms with E-state index < -0.39 is 0 Å². The van der Waals surface area contributed by atoms with Gasteiger partial charge in [-0.25, -0.2) is 4.39 Å². The van der Waals surface area contributed by atoms with E-state index >= 15 is 0 Å². The first kappa shape index (κ1) is 23.4. The summed E-state index contributed by atoms with van der Waals surface area (Å²) < 4.78 is 29.5. The van der Waals surface area contributed by atoms with Crippen LogP contribution in [0.5, 0.6) is 5.75 Å². The number of nitrogens with one attached hydrogen (secondary N) is 1. The first-order valence-electron chi connectivity index (χ1n) is 10.7. The van der Waals surface area contributed by atoms with Crippen molar-refractivity contribution < 1.29 is 18.6 Å². The second kappa shape index (κ2) is 14.2. The number of ether oxygens (including phenoxy) is 3. The molecule has 1 aromatic rings. The van der Waals surface area contributed by atoms with E-state index in [9.17, 15) is 4.39 Å². The fraction of sp³-hybridized carbons (Fsp3) is 0.682. The van der Waals surface area contributed by atoms with E-state index in [0.29, 0.717) is 18.5 Å². The molecule has 1 aliphatic rings. The Kier molecular flexibility index (Phi) is 11.4. The van der Waals surface area contributed by atoms with E-state index in [0.717, 1.165) is 77.5 Å². The van der Waals surface area contributed by atoms with Crippen molar-refractivity contribution in [3.63, 3.8) is 0 Å². The molecule has 0 aromatic heterocycles. The molecule has 1 aliphatic heterocycles. The second-order valence-electron chi connectivity index (χ2n) is 7.15. The van der Waals surface area contributed by atoms with E-state index in [4.69, 9.17) is 19.2 Å². The van der Waals surface area contributed by atoms with Crippen LogP contribution in [0.2, 0.25) is 0 Å². The Morgan fingerprint density at radius 2 is 1.86 bits per heavy atom. The van der Waals surface area contributed by atoms with Gasteiger partial charge in [0.05, 0.1) is 12.7 Å². The highest BCUT2D eigenvalue weighted by molar-refractivity contribution is 5.80. The van der Waals surface area contributed by atoms with Gasteiger partial charge < -0.3 is 24.4 Å². The lowest BCUT2D eigenvalue weighted by molar-refractivity contribution is 0.00990. The van der Waals surface area contributed by atoms with Gasteiger partial charge in [0.25, 0.3) is 0 Å². The van der Waals surface area contributed by atoms with Gasteiger partial charge in [0.2, 0.25) is 0 Å². The Morgan fingerprint density at radius 3 is 2.55 bits per heavy atom. The molecule has 1 heterocycles. The summed E-state index contributed by atoms with van der Waals surface area (Å²) in [5.41, 5.74) is 0. The molecule has 0 bridgehead atoms. The van der Waals surface area contributed by atoms with Gasteiger partial charge in [-0.05, 0) is 63.3 Å². The normalized spacial score (nSPS) is 15.6. The molecule has 1 fully saturated rings. The number of aliphatic imine (C=N–C) groups is 1. The third-order valence-electron chi connectivity index (χ3n) is 4.82. The number of rotatable bonds is 12. The van der Waals surface area contributed by atoms with Crippen LogP contribution in [0.25, 0.3) is 0 Å². The number of piperidine rings is 1. The van der Waals surface area contributed by atoms with E-state index in [1.807, 2.05) is 0 Å². The highest BCUT2D eigenvalue weighted by atomic mass is 19.1. The highest BCUT2D eigenvalue weighted by Gasteiger charge is 2.21. The van der Waals surface area contributed by atoms with E-state index in [1.165, 1.54) is 12.1 Å². The van der Waals surface area contributed by atoms with Crippen LogP contribution in [0.15, 0.2) is 29.3 Å². The molecule has 0 saturated carbocycles. The predicted molar refractivity (Wildman–Crippen MR) is 114 cm³/mol. The third-order valence-corrected chi connectivity index (χ3v) is 4.82. The van der Waals surface area contributed by atoms with Crippen LogP contribution in [-0.4, -0.2) is 70.1 Å². The summed E-state index contributed by atoms with van der Waals surface area (Å²) in [5, 5.41) is 3.40. The van der Waals surface area contributed by atoms with E-state index in [-0.39, 0.29) is 5.82 Å². The number of unbranched alkanes of at least 4 members (excludes halogenated alkanes) is 1. The van der Waals surface area contributed by atoms with Gasteiger partial charge in [0.15, 0.2) is 5.96 Å². The lowest BCUT2D eigenvalue weighted by Gasteiger charge is -2.34. The smallest absolute Gasteiger partial charge is 0.193 e. The van der Waals surface area contributed by atoms with Crippen molar-refractivity contribution in [3.8, 4) is 5.75 Å². The number of halogens is 1. The van der Waals surface area contributed by atoms with Crippen LogP contribution in [0.1, 0.15) is 39.0 Å². The van der Waals surface area contributed by atoms with Crippen LogP contribution < -0.4 is 10.1 Å². The average Bonchev–Trinajstić information content (AvgIpc) is 2.75. The molecule has 0 radical (unpaired) electrons. The standard InChI is InChI=1S/C22H36FN3O3/c1-3-24-22(26-14-11-21(12-15-26)29-18-6-16-27-2)25-13-4-5-17-28-20-9-7-19(23)8-10-20/h7-10,21H,3-6,11-18H2,1-2H3,(H,24,25). The lowest BCUT2D eigenvalue weighted by atomic mass is 10.1. The van der Waals surface area contributed by atoms with E-state index in [2.05, 4.69) is 17.1 Å². The molecular weight excluding hydrogens is 373 g/mol. The Morgan fingerprint density at radius 1 is 1.10 bits per heavy atom. The summed E-state index contributed by atoms with van der Waals surface area (Å²) in [6, 6.07) is 6.13. The number of benzene rings is 1. The summed E-state index contributed by atoms with van der Waals surface area (Å²) in [5.74, 6) is 1.45. The lowest BCUT2D eigenvalue weighted by Crippen LogP contribution is -2.47. The molecule has 1 aromatic carbocycles. The first-order chi connectivity index (χ1) is 14.2. The van der Waals surface area contributed by atoms with Crippen molar-refractivity contribution in [3.05, 3.63) is 30.1 Å². The van der Waals surface area contributed by atoms with E-state index in [1.54, 1.807) is 19.2 Å². The predicted octanol–water partition coefficient (Wildman–Crippen LogP) is 3.47. The van der Waals surface area contributed by atoms with Gasteiger partial charge in [-0.15, -0.1) is 0 Å². The second-order valence-corrected chi connectivity index (χ2v) is 7.15. The van der Waals surface area contributed by atoms with Gasteiger partial charge in [-0.3, -0.25) is 4.99 Å². The Bertz CT molecular complexity index is 575. The molecule has 6 nitrogen and oxygen atoms in total. The minimum Gasteiger partial charge on any atom is -0.494 e. The molecule has 7 heteroatoms. The maximum absolute atomic E-state index is 12.9. The van der Waals surface area contributed by atoms with Crippen LogP contribution in [-0.2, 0) is 9.47 Å². The molecule has 0 aliphatic carbocycles. The summed E-state index contributed by atoms with van der Waals surface area (Å²) in [6.45, 7) is 7.80. The fourth-order valence-corrected chi connectivity index (χ4v) is 3.23. The Labute approximate surface area is 174 Å². The molecule has 164 valence electrons. The van der Waals surface area contributed by atoms with Gasteiger partial charge in [0.1, 0.15) is 11.6 Å².